The predicted molar refractivity (Wildman–Crippen MR) is 75.2 cm³/mol. The van der Waals surface area contributed by atoms with Gasteiger partial charge in [0, 0.05) is 28.1 Å². The summed E-state index contributed by atoms with van der Waals surface area (Å²) in [6.45, 7) is 1.95. The van der Waals surface area contributed by atoms with Crippen molar-refractivity contribution in [3.63, 3.8) is 0 Å². The first-order valence-corrected chi connectivity index (χ1v) is 7.20. The summed E-state index contributed by atoms with van der Waals surface area (Å²) in [5, 5.41) is 9.44. The van der Waals surface area contributed by atoms with Crippen LogP contribution >= 0.6 is 11.3 Å². The van der Waals surface area contributed by atoms with Gasteiger partial charge in [-0.05, 0) is 25.5 Å². The van der Waals surface area contributed by atoms with Crippen LogP contribution < -0.4 is 10.6 Å². The smallest absolute Gasteiger partial charge is 0.253 e. The Morgan fingerprint density at radius 1 is 1.39 bits per heavy atom. The molecule has 1 aromatic heterocycles. The molecule has 1 aliphatic rings. The second-order valence-corrected chi connectivity index (χ2v) is 5.57. The van der Waals surface area contributed by atoms with Gasteiger partial charge >= 0.3 is 0 Å². The van der Waals surface area contributed by atoms with Crippen molar-refractivity contribution in [3.05, 3.63) is 35.2 Å². The number of carbonyl (C=O) groups is 1. The van der Waals surface area contributed by atoms with Crippen molar-refractivity contribution < 1.29 is 4.79 Å². The molecule has 94 valence electrons. The number of rotatable bonds is 2. The minimum Gasteiger partial charge on any atom is -0.348 e. The summed E-state index contributed by atoms with van der Waals surface area (Å²) < 4.78 is 1.17. The van der Waals surface area contributed by atoms with Crippen LogP contribution in [0.5, 0.6) is 0 Å². The molecule has 2 heterocycles. The number of benzene rings is 1. The molecule has 0 bridgehead atoms. The number of nitrogens with one attached hydrogen (secondary N) is 2. The van der Waals surface area contributed by atoms with Crippen molar-refractivity contribution in [1.82, 2.24) is 10.6 Å². The van der Waals surface area contributed by atoms with Gasteiger partial charge in [0.15, 0.2) is 0 Å². The molecule has 0 spiro atoms. The fraction of sp³-hybridized carbons (Fsp3) is 0.357. The van der Waals surface area contributed by atoms with E-state index in [1.165, 1.54) is 4.70 Å². The van der Waals surface area contributed by atoms with Crippen LogP contribution in [0, 0.1) is 0 Å². The van der Waals surface area contributed by atoms with Crippen molar-refractivity contribution in [2.75, 3.05) is 13.1 Å². The Bertz CT molecular complexity index is 558. The maximum absolute atomic E-state index is 12.3. The van der Waals surface area contributed by atoms with E-state index in [0.717, 1.165) is 36.9 Å². The lowest BCUT2D eigenvalue weighted by Gasteiger charge is -2.23. The molecule has 1 amide bonds. The Balaban J connectivity index is 1.79. The highest BCUT2D eigenvalue weighted by Crippen LogP contribution is 2.25. The molecule has 1 fully saturated rings. The average molecular weight is 260 g/mol. The Morgan fingerprint density at radius 2 is 2.28 bits per heavy atom. The molecule has 2 N–H and O–H groups in total. The lowest BCUT2D eigenvalue weighted by molar-refractivity contribution is 0.0933. The van der Waals surface area contributed by atoms with E-state index in [1.807, 2.05) is 23.6 Å². The molecule has 1 aromatic carbocycles. The zero-order valence-corrected chi connectivity index (χ0v) is 10.9. The molecule has 1 unspecified atom stereocenters. The highest BCUT2D eigenvalue weighted by Gasteiger charge is 2.18. The summed E-state index contributed by atoms with van der Waals surface area (Å²) in [5.41, 5.74) is 0.807. The Kier molecular flexibility index (Phi) is 3.30. The van der Waals surface area contributed by atoms with Gasteiger partial charge in [-0.1, -0.05) is 18.2 Å². The van der Waals surface area contributed by atoms with Gasteiger partial charge in [0.05, 0.1) is 5.56 Å². The normalized spacial score (nSPS) is 19.9. The van der Waals surface area contributed by atoms with Crippen LogP contribution in [0.2, 0.25) is 0 Å². The van der Waals surface area contributed by atoms with Crippen LogP contribution in [-0.4, -0.2) is 25.0 Å². The van der Waals surface area contributed by atoms with Gasteiger partial charge in [-0.25, -0.2) is 0 Å². The largest absolute Gasteiger partial charge is 0.348 e. The van der Waals surface area contributed by atoms with E-state index in [9.17, 15) is 4.79 Å². The first kappa shape index (κ1) is 11.7. The van der Waals surface area contributed by atoms with Crippen molar-refractivity contribution in [2.24, 2.45) is 0 Å². The second-order valence-electron chi connectivity index (χ2n) is 4.66. The van der Waals surface area contributed by atoms with Gasteiger partial charge in [-0.15, -0.1) is 11.3 Å². The number of fused-ring (bicyclic) bond motifs is 1. The zero-order valence-electron chi connectivity index (χ0n) is 10.1. The molecule has 18 heavy (non-hydrogen) atoms. The summed E-state index contributed by atoms with van der Waals surface area (Å²) in [5.74, 6) is 0.0566. The molecule has 0 radical (unpaired) electrons. The monoisotopic (exact) mass is 260 g/mol. The lowest BCUT2D eigenvalue weighted by Crippen LogP contribution is -2.45. The molecular formula is C14H16N2OS. The van der Waals surface area contributed by atoms with Gasteiger partial charge < -0.3 is 10.6 Å². The fourth-order valence-electron chi connectivity index (χ4n) is 2.39. The van der Waals surface area contributed by atoms with E-state index in [1.54, 1.807) is 11.3 Å². The lowest BCUT2D eigenvalue weighted by atomic mass is 10.1. The van der Waals surface area contributed by atoms with E-state index < -0.39 is 0 Å². The summed E-state index contributed by atoms with van der Waals surface area (Å²) in [4.78, 5) is 12.3. The van der Waals surface area contributed by atoms with Crippen molar-refractivity contribution in [1.29, 1.82) is 0 Å². The zero-order chi connectivity index (χ0) is 12.4. The second kappa shape index (κ2) is 5.08. The minimum atomic E-state index is 0.0566. The van der Waals surface area contributed by atoms with Crippen molar-refractivity contribution in [2.45, 2.75) is 18.9 Å². The Hall–Kier alpha value is -1.39. The summed E-state index contributed by atoms with van der Waals surface area (Å²) in [6.07, 6.45) is 2.20. The number of hydrogen-bond acceptors (Lipinski definition) is 3. The highest BCUT2D eigenvalue weighted by atomic mass is 32.1. The van der Waals surface area contributed by atoms with E-state index in [-0.39, 0.29) is 11.9 Å². The van der Waals surface area contributed by atoms with Crippen LogP contribution in [-0.2, 0) is 0 Å². The van der Waals surface area contributed by atoms with Gasteiger partial charge in [0.25, 0.3) is 5.91 Å². The third-order valence-electron chi connectivity index (χ3n) is 3.36. The quantitative estimate of drug-likeness (QED) is 0.870. The maximum Gasteiger partial charge on any atom is 0.253 e. The number of thiophene rings is 1. The number of piperidine rings is 1. The average Bonchev–Trinajstić information content (AvgIpc) is 2.84. The van der Waals surface area contributed by atoms with Gasteiger partial charge in [-0.2, -0.15) is 0 Å². The fourth-order valence-corrected chi connectivity index (χ4v) is 3.33. The van der Waals surface area contributed by atoms with E-state index in [2.05, 4.69) is 16.7 Å². The topological polar surface area (TPSA) is 41.1 Å². The Labute approximate surface area is 110 Å². The number of amides is 1. The van der Waals surface area contributed by atoms with Crippen LogP contribution in [0.15, 0.2) is 29.6 Å². The number of carbonyl (C=O) groups excluding carboxylic acids is 1. The van der Waals surface area contributed by atoms with Crippen molar-refractivity contribution >= 4 is 27.3 Å². The van der Waals surface area contributed by atoms with Crippen LogP contribution in [0.4, 0.5) is 0 Å². The molecule has 0 saturated carbocycles. The van der Waals surface area contributed by atoms with E-state index in [4.69, 9.17) is 0 Å². The molecule has 4 heteroatoms. The highest BCUT2D eigenvalue weighted by molar-refractivity contribution is 7.17. The standard InChI is InChI=1S/C14H16N2OS/c17-14(16-10-4-3-7-15-8-10)12-9-18-13-6-2-1-5-11(12)13/h1-2,5-6,9-10,15H,3-4,7-8H2,(H,16,17). The first-order valence-electron chi connectivity index (χ1n) is 6.32. The molecule has 0 aliphatic carbocycles. The number of hydrogen-bond donors (Lipinski definition) is 2. The van der Waals surface area contributed by atoms with Crippen LogP contribution in [0.3, 0.4) is 0 Å². The molecular weight excluding hydrogens is 244 g/mol. The van der Waals surface area contributed by atoms with Gasteiger partial charge in [-0.3, -0.25) is 4.79 Å². The summed E-state index contributed by atoms with van der Waals surface area (Å²) in [7, 11) is 0. The van der Waals surface area contributed by atoms with Crippen LogP contribution in [0.25, 0.3) is 10.1 Å². The third kappa shape index (κ3) is 2.26. The summed E-state index contributed by atoms with van der Waals surface area (Å²) >= 11 is 1.63. The first-order chi connectivity index (χ1) is 8.84. The molecule has 1 saturated heterocycles. The predicted octanol–water partition coefficient (Wildman–Crippen LogP) is 2.38. The van der Waals surface area contributed by atoms with E-state index >= 15 is 0 Å². The van der Waals surface area contributed by atoms with Crippen molar-refractivity contribution in [3.8, 4) is 0 Å². The van der Waals surface area contributed by atoms with Crippen LogP contribution in [0.1, 0.15) is 23.2 Å². The maximum atomic E-state index is 12.3. The van der Waals surface area contributed by atoms with Gasteiger partial charge in [0.2, 0.25) is 0 Å². The molecule has 3 rings (SSSR count). The van der Waals surface area contributed by atoms with Gasteiger partial charge in [0.1, 0.15) is 0 Å². The Morgan fingerprint density at radius 3 is 3.11 bits per heavy atom. The molecule has 2 aromatic rings. The third-order valence-corrected chi connectivity index (χ3v) is 4.32. The molecule has 1 aliphatic heterocycles. The van der Waals surface area contributed by atoms with E-state index in [0.29, 0.717) is 0 Å². The SMILES string of the molecule is O=C(NC1CCCNC1)c1csc2ccccc12. The molecule has 3 nitrogen and oxygen atoms in total. The minimum absolute atomic E-state index is 0.0566. The molecule has 1 atom stereocenters. The summed E-state index contributed by atoms with van der Waals surface area (Å²) in [6, 6.07) is 8.32.